The molecule has 0 spiro atoms. The highest BCUT2D eigenvalue weighted by molar-refractivity contribution is 7.08. The summed E-state index contributed by atoms with van der Waals surface area (Å²) in [5, 5.41) is 4.13. The van der Waals surface area contributed by atoms with Crippen molar-refractivity contribution >= 4 is 17.0 Å². The number of anilines is 1. The summed E-state index contributed by atoms with van der Waals surface area (Å²) in [5.41, 5.74) is 7.96. The first kappa shape index (κ1) is 7.61. The minimum absolute atomic E-state index is 0.705. The highest BCUT2D eigenvalue weighted by atomic mass is 32.1. The Balaban J connectivity index is 2.65. The summed E-state index contributed by atoms with van der Waals surface area (Å²) in [6.45, 7) is 4.41. The van der Waals surface area contributed by atoms with Crippen LogP contribution < -0.4 is 5.73 Å². The predicted molar refractivity (Wildman–Crippen MR) is 47.3 cm³/mol. The molecule has 0 saturated carbocycles. The van der Waals surface area contributed by atoms with Gasteiger partial charge < -0.3 is 5.73 Å². The molecule has 0 amide bonds. The highest BCUT2D eigenvalue weighted by Crippen LogP contribution is 2.19. The van der Waals surface area contributed by atoms with E-state index in [4.69, 9.17) is 5.73 Å². The fourth-order valence-corrected chi connectivity index (χ4v) is 1.70. The molecule has 1 aromatic rings. The van der Waals surface area contributed by atoms with Crippen LogP contribution in [0.25, 0.3) is 0 Å². The summed E-state index contributed by atoms with van der Waals surface area (Å²) in [6, 6.07) is 0. The molecule has 0 aliphatic carbocycles. The van der Waals surface area contributed by atoms with Crippen LogP contribution in [0.5, 0.6) is 0 Å². The van der Waals surface area contributed by atoms with Crippen molar-refractivity contribution in [3.63, 3.8) is 0 Å². The second kappa shape index (κ2) is 3.06. The molecule has 1 heterocycles. The van der Waals surface area contributed by atoms with Gasteiger partial charge in [-0.15, -0.1) is 11.3 Å². The maximum atomic E-state index is 5.70. The zero-order valence-corrected chi connectivity index (χ0v) is 7.24. The molecule has 0 bridgehead atoms. The van der Waals surface area contributed by atoms with E-state index in [0.29, 0.717) is 5.92 Å². The van der Waals surface area contributed by atoms with Crippen molar-refractivity contribution in [3.05, 3.63) is 16.3 Å². The van der Waals surface area contributed by atoms with Crippen molar-refractivity contribution in [2.45, 2.75) is 20.3 Å². The van der Waals surface area contributed by atoms with Gasteiger partial charge in [0.1, 0.15) is 0 Å². The summed E-state index contributed by atoms with van der Waals surface area (Å²) < 4.78 is 0. The molecule has 0 aliphatic rings. The Morgan fingerprint density at radius 2 is 2.20 bits per heavy atom. The largest absolute Gasteiger partial charge is 0.398 e. The van der Waals surface area contributed by atoms with E-state index in [-0.39, 0.29) is 0 Å². The molecule has 0 fully saturated rings. The van der Waals surface area contributed by atoms with Crippen LogP contribution >= 0.6 is 11.3 Å². The maximum Gasteiger partial charge on any atom is 0.0455 e. The van der Waals surface area contributed by atoms with E-state index in [1.165, 1.54) is 5.56 Å². The van der Waals surface area contributed by atoms with Crippen molar-refractivity contribution in [1.29, 1.82) is 0 Å². The van der Waals surface area contributed by atoms with E-state index in [2.05, 4.69) is 19.2 Å². The third kappa shape index (κ3) is 1.74. The Hall–Kier alpha value is -0.500. The van der Waals surface area contributed by atoms with Crippen LogP contribution in [0.4, 0.5) is 5.69 Å². The van der Waals surface area contributed by atoms with Crippen LogP contribution in [-0.2, 0) is 6.42 Å². The monoisotopic (exact) mass is 155 g/mol. The Bertz CT molecular complexity index is 203. The molecule has 0 radical (unpaired) electrons. The van der Waals surface area contributed by atoms with Gasteiger partial charge in [-0.05, 0) is 23.3 Å². The Labute approximate surface area is 65.9 Å². The molecule has 10 heavy (non-hydrogen) atoms. The molecule has 2 N–H and O–H groups in total. The summed E-state index contributed by atoms with van der Waals surface area (Å²) in [7, 11) is 0. The van der Waals surface area contributed by atoms with Gasteiger partial charge in [0.2, 0.25) is 0 Å². The lowest BCUT2D eigenvalue weighted by Crippen LogP contribution is -1.95. The first-order valence-electron chi connectivity index (χ1n) is 3.50. The van der Waals surface area contributed by atoms with E-state index in [9.17, 15) is 0 Å². The molecular weight excluding hydrogens is 142 g/mol. The van der Waals surface area contributed by atoms with Gasteiger partial charge in [-0.3, -0.25) is 0 Å². The zero-order valence-electron chi connectivity index (χ0n) is 6.42. The first-order chi connectivity index (χ1) is 4.70. The third-order valence-electron chi connectivity index (χ3n) is 1.40. The third-order valence-corrected chi connectivity index (χ3v) is 2.21. The van der Waals surface area contributed by atoms with Crippen LogP contribution in [0.15, 0.2) is 10.8 Å². The molecule has 0 saturated heterocycles. The van der Waals surface area contributed by atoms with E-state index < -0.39 is 0 Å². The number of hydrogen-bond donors (Lipinski definition) is 1. The fourth-order valence-electron chi connectivity index (χ4n) is 0.939. The van der Waals surface area contributed by atoms with E-state index in [1.807, 2.05) is 5.38 Å². The van der Waals surface area contributed by atoms with E-state index in [1.54, 1.807) is 11.3 Å². The van der Waals surface area contributed by atoms with E-state index >= 15 is 0 Å². The molecule has 0 aliphatic heterocycles. The molecule has 0 atom stereocenters. The van der Waals surface area contributed by atoms with Gasteiger partial charge in [0, 0.05) is 11.1 Å². The maximum absolute atomic E-state index is 5.70. The van der Waals surface area contributed by atoms with Crippen LogP contribution in [0.3, 0.4) is 0 Å². The second-order valence-electron chi connectivity index (χ2n) is 2.95. The van der Waals surface area contributed by atoms with Gasteiger partial charge in [0.05, 0.1) is 0 Å². The number of nitrogen functional groups attached to an aromatic ring is 1. The number of nitrogens with two attached hydrogens (primary N) is 1. The van der Waals surface area contributed by atoms with Gasteiger partial charge >= 0.3 is 0 Å². The summed E-state index contributed by atoms with van der Waals surface area (Å²) in [6.07, 6.45) is 1.11. The Morgan fingerprint density at radius 3 is 2.60 bits per heavy atom. The lowest BCUT2D eigenvalue weighted by atomic mass is 10.1. The first-order valence-corrected chi connectivity index (χ1v) is 4.45. The molecule has 0 aromatic carbocycles. The summed E-state index contributed by atoms with van der Waals surface area (Å²) >= 11 is 1.68. The molecular formula is C8H13NS. The Morgan fingerprint density at radius 1 is 1.50 bits per heavy atom. The van der Waals surface area contributed by atoms with Gasteiger partial charge in [0.15, 0.2) is 0 Å². The number of hydrogen-bond acceptors (Lipinski definition) is 2. The highest BCUT2D eigenvalue weighted by Gasteiger charge is 2.01. The lowest BCUT2D eigenvalue weighted by Gasteiger charge is -2.01. The zero-order chi connectivity index (χ0) is 7.56. The van der Waals surface area contributed by atoms with Crippen molar-refractivity contribution in [2.24, 2.45) is 5.92 Å². The number of thiophene rings is 1. The van der Waals surface area contributed by atoms with Gasteiger partial charge in [-0.25, -0.2) is 0 Å². The van der Waals surface area contributed by atoms with Gasteiger partial charge in [0.25, 0.3) is 0 Å². The van der Waals surface area contributed by atoms with Crippen molar-refractivity contribution in [1.82, 2.24) is 0 Å². The summed E-state index contributed by atoms with van der Waals surface area (Å²) in [4.78, 5) is 0. The predicted octanol–water partition coefficient (Wildman–Crippen LogP) is 2.53. The normalized spacial score (nSPS) is 10.7. The molecule has 0 unspecified atom stereocenters. The minimum Gasteiger partial charge on any atom is -0.398 e. The smallest absolute Gasteiger partial charge is 0.0455 e. The number of rotatable bonds is 2. The summed E-state index contributed by atoms with van der Waals surface area (Å²) in [5.74, 6) is 0.705. The van der Waals surface area contributed by atoms with Crippen LogP contribution in [0, 0.1) is 5.92 Å². The second-order valence-corrected chi connectivity index (χ2v) is 3.69. The minimum atomic E-state index is 0.705. The Kier molecular flexibility index (Phi) is 2.33. The van der Waals surface area contributed by atoms with Crippen LogP contribution in [0.2, 0.25) is 0 Å². The molecule has 1 aromatic heterocycles. The quantitative estimate of drug-likeness (QED) is 0.697. The lowest BCUT2D eigenvalue weighted by molar-refractivity contribution is 0.650. The van der Waals surface area contributed by atoms with Crippen molar-refractivity contribution in [3.8, 4) is 0 Å². The molecule has 1 nitrogen and oxygen atoms in total. The van der Waals surface area contributed by atoms with Crippen molar-refractivity contribution < 1.29 is 0 Å². The average Bonchev–Trinajstić information content (AvgIpc) is 2.15. The van der Waals surface area contributed by atoms with Crippen LogP contribution in [0.1, 0.15) is 19.4 Å². The van der Waals surface area contributed by atoms with Crippen LogP contribution in [-0.4, -0.2) is 0 Å². The molecule has 56 valence electrons. The average molecular weight is 155 g/mol. The fraction of sp³-hybridized carbons (Fsp3) is 0.500. The molecule has 2 heteroatoms. The van der Waals surface area contributed by atoms with Crippen molar-refractivity contribution in [2.75, 3.05) is 5.73 Å². The molecule has 1 rings (SSSR count). The van der Waals surface area contributed by atoms with Gasteiger partial charge in [-0.2, -0.15) is 0 Å². The standard InChI is InChI=1S/C8H13NS/c1-6(2)3-7-4-10-5-8(7)9/h4-6H,3,9H2,1-2H3. The van der Waals surface area contributed by atoms with Gasteiger partial charge in [-0.1, -0.05) is 13.8 Å². The topological polar surface area (TPSA) is 26.0 Å². The SMILES string of the molecule is CC(C)Cc1cscc1N. The van der Waals surface area contributed by atoms with E-state index in [0.717, 1.165) is 12.1 Å².